The van der Waals surface area contributed by atoms with Crippen LogP contribution in [0.2, 0.25) is 0 Å². The molecule has 5 heteroatoms. The number of hydrogen-bond donors (Lipinski definition) is 1. The monoisotopic (exact) mass is 288 g/mol. The van der Waals surface area contributed by atoms with E-state index in [0.717, 1.165) is 5.75 Å². The number of rotatable bonds is 3. The van der Waals surface area contributed by atoms with E-state index in [2.05, 4.69) is 12.1 Å². The van der Waals surface area contributed by atoms with E-state index in [1.165, 1.54) is 10.5 Å². The highest BCUT2D eigenvalue weighted by molar-refractivity contribution is 7.99. The molecule has 0 aliphatic carbocycles. The Bertz CT molecular complexity index is 651. The Morgan fingerprint density at radius 1 is 1.50 bits per heavy atom. The van der Waals surface area contributed by atoms with Gasteiger partial charge in [0.1, 0.15) is 5.69 Å². The number of benzene rings is 1. The summed E-state index contributed by atoms with van der Waals surface area (Å²) in [5, 5.41) is 0. The van der Waals surface area contributed by atoms with Gasteiger partial charge in [0, 0.05) is 29.8 Å². The maximum absolute atomic E-state index is 12.0. The van der Waals surface area contributed by atoms with Crippen molar-refractivity contribution in [1.82, 2.24) is 4.57 Å². The van der Waals surface area contributed by atoms with Crippen molar-refractivity contribution in [2.45, 2.75) is 10.8 Å². The number of esters is 1. The average molecular weight is 288 g/mol. The smallest absolute Gasteiger partial charge is 0.355 e. The fourth-order valence-electron chi connectivity index (χ4n) is 2.41. The maximum Gasteiger partial charge on any atom is 0.355 e. The zero-order valence-corrected chi connectivity index (χ0v) is 12.0. The van der Waals surface area contributed by atoms with Crippen molar-refractivity contribution >= 4 is 23.4 Å². The van der Waals surface area contributed by atoms with Crippen molar-refractivity contribution in [2.24, 2.45) is 7.05 Å². The molecule has 4 nitrogen and oxygen atoms in total. The van der Waals surface area contributed by atoms with E-state index in [4.69, 9.17) is 10.5 Å². The van der Waals surface area contributed by atoms with Crippen LogP contribution in [0.3, 0.4) is 0 Å². The Morgan fingerprint density at radius 2 is 2.30 bits per heavy atom. The Balaban J connectivity index is 1.66. The van der Waals surface area contributed by atoms with Crippen molar-refractivity contribution in [3.05, 3.63) is 47.8 Å². The van der Waals surface area contributed by atoms with Gasteiger partial charge in [-0.1, -0.05) is 18.2 Å². The summed E-state index contributed by atoms with van der Waals surface area (Å²) in [6.07, 6.45) is 1.71. The SMILES string of the molecule is Cn1cc(N)cc1C(=O)OCC1CSc2ccccc21. The van der Waals surface area contributed by atoms with Crippen molar-refractivity contribution < 1.29 is 9.53 Å². The van der Waals surface area contributed by atoms with Gasteiger partial charge in [-0.3, -0.25) is 0 Å². The van der Waals surface area contributed by atoms with E-state index < -0.39 is 0 Å². The summed E-state index contributed by atoms with van der Waals surface area (Å²) < 4.78 is 7.12. The van der Waals surface area contributed by atoms with Crippen LogP contribution in [0.1, 0.15) is 22.0 Å². The first-order valence-corrected chi connectivity index (χ1v) is 7.44. The Kier molecular flexibility index (Phi) is 3.44. The lowest BCUT2D eigenvalue weighted by atomic mass is 10.0. The van der Waals surface area contributed by atoms with Gasteiger partial charge in [0.05, 0.1) is 12.3 Å². The van der Waals surface area contributed by atoms with Gasteiger partial charge in [-0.25, -0.2) is 4.79 Å². The normalized spacial score (nSPS) is 16.9. The van der Waals surface area contributed by atoms with E-state index in [1.54, 1.807) is 23.9 Å². The molecule has 3 rings (SSSR count). The summed E-state index contributed by atoms with van der Waals surface area (Å²) in [6.45, 7) is 0.411. The number of fused-ring (bicyclic) bond motifs is 1. The highest BCUT2D eigenvalue weighted by Gasteiger charge is 2.24. The molecule has 104 valence electrons. The van der Waals surface area contributed by atoms with Crippen LogP contribution in [0.25, 0.3) is 0 Å². The topological polar surface area (TPSA) is 57.2 Å². The Hall–Kier alpha value is -1.88. The molecule has 2 heterocycles. The maximum atomic E-state index is 12.0. The summed E-state index contributed by atoms with van der Waals surface area (Å²) in [5.74, 6) is 0.915. The minimum atomic E-state index is -0.321. The van der Waals surface area contributed by atoms with Crippen molar-refractivity contribution in [1.29, 1.82) is 0 Å². The first-order valence-electron chi connectivity index (χ1n) is 6.46. The number of carbonyl (C=O) groups is 1. The second-order valence-electron chi connectivity index (χ2n) is 4.91. The molecular weight excluding hydrogens is 272 g/mol. The summed E-state index contributed by atoms with van der Waals surface area (Å²) in [7, 11) is 1.79. The summed E-state index contributed by atoms with van der Waals surface area (Å²) in [6, 6.07) is 9.91. The summed E-state index contributed by atoms with van der Waals surface area (Å²) >= 11 is 1.81. The minimum absolute atomic E-state index is 0.276. The molecule has 1 aromatic heterocycles. The van der Waals surface area contributed by atoms with Gasteiger partial charge in [0.15, 0.2) is 0 Å². The predicted molar refractivity (Wildman–Crippen MR) is 80.0 cm³/mol. The molecule has 20 heavy (non-hydrogen) atoms. The third-order valence-corrected chi connectivity index (χ3v) is 4.70. The number of nitrogen functional groups attached to an aromatic ring is 1. The molecule has 0 saturated carbocycles. The van der Waals surface area contributed by atoms with E-state index in [9.17, 15) is 4.79 Å². The van der Waals surface area contributed by atoms with Gasteiger partial charge < -0.3 is 15.0 Å². The molecule has 2 N–H and O–H groups in total. The van der Waals surface area contributed by atoms with E-state index in [0.29, 0.717) is 18.0 Å². The van der Waals surface area contributed by atoms with Gasteiger partial charge >= 0.3 is 5.97 Å². The molecular formula is C15H16N2O2S. The number of anilines is 1. The summed E-state index contributed by atoms with van der Waals surface area (Å²) in [5.41, 5.74) is 8.00. The Morgan fingerprint density at radius 3 is 3.05 bits per heavy atom. The number of nitrogens with two attached hydrogens (primary N) is 1. The van der Waals surface area contributed by atoms with Gasteiger partial charge in [-0.2, -0.15) is 0 Å². The highest BCUT2D eigenvalue weighted by Crippen LogP contribution is 2.39. The van der Waals surface area contributed by atoms with Crippen LogP contribution >= 0.6 is 11.8 Å². The molecule has 2 aromatic rings. The fourth-order valence-corrected chi connectivity index (χ4v) is 3.64. The lowest BCUT2D eigenvalue weighted by molar-refractivity contribution is 0.0476. The second-order valence-corrected chi connectivity index (χ2v) is 5.98. The molecule has 0 spiro atoms. The number of aryl methyl sites for hydroxylation is 1. The zero-order valence-electron chi connectivity index (χ0n) is 11.2. The van der Waals surface area contributed by atoms with Gasteiger partial charge in [-0.15, -0.1) is 11.8 Å². The number of thioether (sulfide) groups is 1. The molecule has 1 aromatic carbocycles. The first kappa shape index (κ1) is 13.1. The van der Waals surface area contributed by atoms with Crippen LogP contribution in [0.4, 0.5) is 5.69 Å². The molecule has 1 aliphatic heterocycles. The van der Waals surface area contributed by atoms with Gasteiger partial charge in [0.2, 0.25) is 0 Å². The molecule has 1 unspecified atom stereocenters. The van der Waals surface area contributed by atoms with Crippen LogP contribution in [0, 0.1) is 0 Å². The van der Waals surface area contributed by atoms with Crippen LogP contribution in [0.15, 0.2) is 41.4 Å². The molecule has 1 aliphatic rings. The lowest BCUT2D eigenvalue weighted by Crippen LogP contribution is -2.15. The third kappa shape index (κ3) is 2.41. The predicted octanol–water partition coefficient (Wildman–Crippen LogP) is 2.65. The second kappa shape index (κ2) is 5.25. The summed E-state index contributed by atoms with van der Waals surface area (Å²) in [4.78, 5) is 13.3. The molecule has 0 bridgehead atoms. The van der Waals surface area contributed by atoms with E-state index in [-0.39, 0.29) is 11.9 Å². The molecule has 0 radical (unpaired) electrons. The molecule has 0 fully saturated rings. The fraction of sp³-hybridized carbons (Fsp3) is 0.267. The van der Waals surface area contributed by atoms with Crippen LogP contribution in [-0.2, 0) is 11.8 Å². The third-order valence-electron chi connectivity index (χ3n) is 3.45. The number of hydrogen-bond acceptors (Lipinski definition) is 4. The zero-order chi connectivity index (χ0) is 14.1. The highest BCUT2D eigenvalue weighted by atomic mass is 32.2. The van der Waals surface area contributed by atoms with Crippen molar-refractivity contribution in [2.75, 3.05) is 18.1 Å². The minimum Gasteiger partial charge on any atom is -0.460 e. The van der Waals surface area contributed by atoms with Crippen LogP contribution < -0.4 is 5.73 Å². The Labute approximate surface area is 121 Å². The molecule has 1 atom stereocenters. The number of aromatic nitrogens is 1. The van der Waals surface area contributed by atoms with Crippen molar-refractivity contribution in [3.63, 3.8) is 0 Å². The van der Waals surface area contributed by atoms with Crippen LogP contribution in [0.5, 0.6) is 0 Å². The standard InChI is InChI=1S/C15H16N2O2S/c1-17-7-11(16)6-13(17)15(18)19-8-10-9-20-14-5-3-2-4-12(10)14/h2-7,10H,8-9,16H2,1H3. The number of ether oxygens (including phenoxy) is 1. The molecule has 0 amide bonds. The van der Waals surface area contributed by atoms with Gasteiger partial charge in [-0.05, 0) is 17.7 Å². The van der Waals surface area contributed by atoms with Crippen LogP contribution in [-0.4, -0.2) is 22.9 Å². The van der Waals surface area contributed by atoms with E-state index in [1.807, 2.05) is 23.9 Å². The van der Waals surface area contributed by atoms with E-state index >= 15 is 0 Å². The lowest BCUT2D eigenvalue weighted by Gasteiger charge is -2.11. The first-order chi connectivity index (χ1) is 9.65. The quantitative estimate of drug-likeness (QED) is 0.882. The van der Waals surface area contributed by atoms with Crippen molar-refractivity contribution in [3.8, 4) is 0 Å². The average Bonchev–Trinajstić information content (AvgIpc) is 2.99. The largest absolute Gasteiger partial charge is 0.460 e. The number of carbonyl (C=O) groups excluding carboxylic acids is 1. The van der Waals surface area contributed by atoms with Gasteiger partial charge in [0.25, 0.3) is 0 Å². The number of nitrogens with zero attached hydrogens (tertiary/aromatic N) is 1. The molecule has 0 saturated heterocycles.